The van der Waals surface area contributed by atoms with Crippen LogP contribution in [0.15, 0.2) is 194 Å². The molecular weight excluding hydrogens is 1970 g/mol. The van der Waals surface area contributed by atoms with Crippen LogP contribution in [-0.2, 0) is 62.6 Å². The maximum absolute atomic E-state index is 12.2. The third kappa shape index (κ3) is 29.9. The number of allylic oxidation sites excluding steroid dienone is 4. The Morgan fingerprint density at radius 1 is 0.369 bits per heavy atom. The fraction of sp³-hybridized carbons (Fsp3) is 0.431. The predicted octanol–water partition coefficient (Wildman–Crippen LogP) is 32.3. The molecule has 0 spiro atoms. The van der Waals surface area contributed by atoms with E-state index in [0.29, 0.717) is 50.4 Å². The van der Waals surface area contributed by atoms with E-state index in [4.69, 9.17) is 11.0 Å². The molecule has 0 saturated heterocycles. The molecule has 4 aliphatic rings. The number of hydrogen-bond donors (Lipinski definition) is 2. The number of halogens is 4. The number of rotatable bonds is 26. The van der Waals surface area contributed by atoms with E-state index in [1.165, 1.54) is 125 Å². The Morgan fingerprint density at radius 3 is 0.877 bits per heavy atom. The van der Waals surface area contributed by atoms with Gasteiger partial charge in [-0.3, -0.25) is 9.59 Å². The quantitative estimate of drug-likeness (QED) is 0.0238. The molecule has 0 aliphatic heterocycles. The zero-order valence-electron chi connectivity index (χ0n) is 86.5. The van der Waals surface area contributed by atoms with Gasteiger partial charge in [-0.2, -0.15) is 0 Å². The van der Waals surface area contributed by atoms with Crippen molar-refractivity contribution in [1.82, 2.24) is 19.9 Å². The van der Waals surface area contributed by atoms with Crippen LogP contribution in [0.5, 0.6) is 0 Å². The normalized spacial score (nSPS) is 15.7. The molecule has 4 aromatic heterocycles. The van der Waals surface area contributed by atoms with Gasteiger partial charge in [0.25, 0.3) is 0 Å². The Morgan fingerprint density at radius 2 is 0.623 bits per heavy atom. The van der Waals surface area contributed by atoms with Gasteiger partial charge in [0.15, 0.2) is 11.6 Å². The summed E-state index contributed by atoms with van der Waals surface area (Å²) in [7, 11) is 0. The topological polar surface area (TPSA) is 126 Å². The van der Waals surface area contributed by atoms with Gasteiger partial charge in [0.1, 0.15) is 0 Å². The zero-order valence-corrected chi connectivity index (χ0v) is 83.3. The van der Waals surface area contributed by atoms with Gasteiger partial charge in [0.05, 0.1) is 22.5 Å². The minimum Gasteiger partial charge on any atom is -0.512 e. The summed E-state index contributed by atoms with van der Waals surface area (Å²) in [6.45, 7) is 27.4. The fourth-order valence-electron chi connectivity index (χ4n) is 19.2. The summed E-state index contributed by atoms with van der Waals surface area (Å²) < 4.78 is 115. The van der Waals surface area contributed by atoms with Crippen LogP contribution < -0.4 is 0 Å². The van der Waals surface area contributed by atoms with Crippen LogP contribution in [0.25, 0.3) is 88.1 Å². The number of fused-ring (bicyclic) bond motifs is 4. The SMILES string of the molecule is CCC(CC)C(=O)C=C(O)C(CC)CC(F)F.CCC(CC)C(=O)C=C(O)C(CC)CC(F)F.[2H]c1nc(-c2[c-]c(C)cc(C)c2)c2ccc(C3CCCC3)cc2c1[2H].[2H]c1nc(-c2[c-]c(C)cc(C)c2)c2ccc(C3CCCC3)cc2c1[2H].[2H]c1nc(-c2[c-]c(C)cc(C)c2)c2ccc(CC3CCCC3)cc2c1[2H].[2H]c1nc(-c2[c-]c(C)cc(C)c2)c2ccc(CC3CCCC3)cc2c1[2H].[Ir].[Ir]. The summed E-state index contributed by atoms with van der Waals surface area (Å²) in [4.78, 5) is 41.1. The van der Waals surface area contributed by atoms with Gasteiger partial charge in [-0.25, -0.2) is 17.6 Å². The van der Waals surface area contributed by atoms with Crippen LogP contribution in [0.4, 0.5) is 17.6 Å². The molecule has 2 N–H and O–H groups in total. The van der Waals surface area contributed by atoms with Crippen molar-refractivity contribution in [2.75, 3.05) is 0 Å². The maximum Gasteiger partial charge on any atom is 0.239 e. The summed E-state index contributed by atoms with van der Waals surface area (Å²) in [5, 5.41) is 26.5. The molecule has 2 atom stereocenters. The number of aliphatic hydroxyl groups is 2. The second-order valence-corrected chi connectivity index (χ2v) is 36.3. The molecule has 8 aromatic carbocycles. The predicted molar refractivity (Wildman–Crippen MR) is 524 cm³/mol. The summed E-state index contributed by atoms with van der Waals surface area (Å²) in [6, 6.07) is 56.5. The molecule has 0 amide bonds. The number of ketones is 2. The number of aryl methyl sites for hydroxylation is 8. The molecule has 130 heavy (non-hydrogen) atoms. The monoisotopic (exact) mass is 2120 g/mol. The van der Waals surface area contributed by atoms with E-state index >= 15 is 0 Å². The number of aromatic nitrogens is 4. The second kappa shape index (κ2) is 51.8. The number of pyridine rings is 4. The molecule has 4 saturated carbocycles. The Balaban J connectivity index is 0.000000187. The summed E-state index contributed by atoms with van der Waals surface area (Å²) in [5.74, 6) is 0.515. The number of nitrogens with zero attached hydrogens (tertiary/aromatic N) is 4. The molecule has 14 heteroatoms. The number of benzene rings is 8. The Bertz CT molecular complexity index is 5780. The Kier molecular flexibility index (Phi) is 36.9. The standard InChI is InChI=1S/2C23H24N.2C22H22N.2C13H22F2O2.2Ir/c2*1-16-11-17(2)13-21(12-16)23-22-8-7-19(14-18-5-3-4-6-18)15-20(22)9-10-24-23;2*1-15-11-16(2)13-20(12-15)22-21-8-7-18(17-5-3-4-6-17)14-19(21)9-10-23-22;2*1-4-9(5-2)11(16)8-12(17)10(6-3)7-13(14)15;;/h2*7-12,15,18H,3-6,14H2,1-2H3;2*7-12,14,17H,3-6H2,1-2H3;2*8-10,13,17H,4-7H2,1-3H3;;/q4*-1;;;;/i4*9D,10D;;;;. The Labute approximate surface area is 811 Å². The average molecular weight is 2120 g/mol. The summed E-state index contributed by atoms with van der Waals surface area (Å²) in [5.41, 5.74) is 20.7. The van der Waals surface area contributed by atoms with E-state index in [1.807, 2.05) is 55.4 Å². The molecule has 16 rings (SSSR count). The van der Waals surface area contributed by atoms with Gasteiger partial charge < -0.3 is 30.1 Å². The molecule has 8 nitrogen and oxygen atoms in total. The fourth-order valence-corrected chi connectivity index (χ4v) is 19.2. The van der Waals surface area contributed by atoms with Gasteiger partial charge in [-0.05, 0) is 213 Å². The third-order valence-electron chi connectivity index (χ3n) is 26.1. The van der Waals surface area contributed by atoms with E-state index in [9.17, 15) is 37.4 Å². The molecule has 4 heterocycles. The number of carbonyl (C=O) groups is 2. The molecule has 12 aromatic rings. The maximum atomic E-state index is 12.2. The van der Waals surface area contributed by atoms with E-state index in [0.717, 1.165) is 169 Å². The van der Waals surface area contributed by atoms with E-state index in [1.54, 1.807) is 13.8 Å². The summed E-state index contributed by atoms with van der Waals surface area (Å²) in [6.07, 6.45) is 23.2. The summed E-state index contributed by atoms with van der Waals surface area (Å²) >= 11 is 0. The van der Waals surface area contributed by atoms with Gasteiger partial charge in [0.2, 0.25) is 12.9 Å². The van der Waals surface area contributed by atoms with Gasteiger partial charge in [0, 0.05) is 114 Å². The van der Waals surface area contributed by atoms with E-state index < -0.39 is 37.5 Å². The van der Waals surface area contributed by atoms with Crippen LogP contribution in [0.1, 0.15) is 285 Å². The largest absolute Gasteiger partial charge is 0.512 e. The van der Waals surface area contributed by atoms with Gasteiger partial charge in [-0.1, -0.05) is 247 Å². The first-order chi connectivity index (χ1) is 65.0. The first-order valence-electron chi connectivity index (χ1n) is 51.1. The van der Waals surface area contributed by atoms with Gasteiger partial charge >= 0.3 is 0 Å². The first-order valence-corrected chi connectivity index (χ1v) is 47.1. The second-order valence-electron chi connectivity index (χ2n) is 36.3. The van der Waals surface area contributed by atoms with Crippen molar-refractivity contribution in [3.8, 4) is 45.0 Å². The van der Waals surface area contributed by atoms with Crippen molar-refractivity contribution in [3.63, 3.8) is 0 Å². The van der Waals surface area contributed by atoms with Crippen LogP contribution >= 0.6 is 0 Å². The van der Waals surface area contributed by atoms with Crippen molar-refractivity contribution < 1.29 is 88.5 Å². The molecule has 4 fully saturated rings. The minimum atomic E-state index is -2.46. The van der Waals surface area contributed by atoms with Crippen molar-refractivity contribution in [3.05, 3.63) is 285 Å². The molecule has 2 unspecified atom stereocenters. The smallest absolute Gasteiger partial charge is 0.239 e. The van der Waals surface area contributed by atoms with Gasteiger partial charge in [-0.15, -0.1) is 140 Å². The van der Waals surface area contributed by atoms with Crippen LogP contribution in [-0.4, -0.2) is 54.6 Å². The van der Waals surface area contributed by atoms with Crippen LogP contribution in [0.2, 0.25) is 0 Å². The average Bonchev–Trinajstić information content (AvgIpc) is 1.02. The van der Waals surface area contributed by atoms with Crippen molar-refractivity contribution in [2.45, 2.75) is 289 Å². The molecule has 694 valence electrons. The third-order valence-corrected chi connectivity index (χ3v) is 26.1. The Hall–Kier alpha value is -9.16. The number of carbonyl (C=O) groups excluding carboxylic acids is 2. The van der Waals surface area contributed by atoms with Crippen molar-refractivity contribution >= 4 is 54.7 Å². The molecule has 2 radical (unpaired) electrons. The number of alkyl halides is 4. The van der Waals surface area contributed by atoms with Crippen LogP contribution in [0, 0.1) is 115 Å². The number of aliphatic hydroxyl groups excluding tert-OH is 2. The molecule has 0 bridgehead atoms. The minimum absolute atomic E-state index is 0. The van der Waals surface area contributed by atoms with E-state index in [-0.39, 0.29) is 124 Å². The zero-order chi connectivity index (χ0) is 98.5. The molecule has 4 aliphatic carbocycles. The molecular formula is C116H136F4Ir2N4O4-4. The van der Waals surface area contributed by atoms with Crippen molar-refractivity contribution in [1.29, 1.82) is 0 Å². The van der Waals surface area contributed by atoms with Crippen LogP contribution in [0.3, 0.4) is 0 Å². The van der Waals surface area contributed by atoms with Crippen molar-refractivity contribution in [2.24, 2.45) is 35.5 Å². The first kappa shape index (κ1) is 92.7. The van der Waals surface area contributed by atoms with E-state index in [2.05, 4.69) is 193 Å². The number of hydrogen-bond acceptors (Lipinski definition) is 8.